The summed E-state index contributed by atoms with van der Waals surface area (Å²) in [4.78, 5) is 4.53. The summed E-state index contributed by atoms with van der Waals surface area (Å²) in [7, 11) is 1.41. The maximum absolute atomic E-state index is 12.4. The van der Waals surface area contributed by atoms with Crippen LogP contribution in [-0.2, 0) is 11.3 Å². The second kappa shape index (κ2) is 6.40. The number of halogens is 2. The van der Waals surface area contributed by atoms with E-state index in [1.807, 2.05) is 24.3 Å². The molecule has 0 heterocycles. The first-order chi connectivity index (χ1) is 7.26. The van der Waals surface area contributed by atoms with Crippen molar-refractivity contribution in [1.82, 2.24) is 0 Å². The quantitative estimate of drug-likeness (QED) is 0.561. The minimum atomic E-state index is -0.568. The van der Waals surface area contributed by atoms with Gasteiger partial charge in [-0.2, -0.15) is 0 Å². The third kappa shape index (κ3) is 4.30. The van der Waals surface area contributed by atoms with Crippen molar-refractivity contribution >= 4 is 17.3 Å². The highest BCUT2D eigenvalue weighted by Crippen LogP contribution is 2.11. The van der Waals surface area contributed by atoms with Gasteiger partial charge in [0.1, 0.15) is 13.8 Å². The van der Waals surface area contributed by atoms with Gasteiger partial charge in [0.15, 0.2) is 0 Å². The zero-order valence-electron chi connectivity index (χ0n) is 8.54. The van der Waals surface area contributed by atoms with Gasteiger partial charge < -0.3 is 4.84 Å². The zero-order valence-corrected chi connectivity index (χ0v) is 9.30. The molecule has 0 aliphatic heterocycles. The maximum atomic E-state index is 12.4. The van der Waals surface area contributed by atoms with Crippen molar-refractivity contribution in [3.05, 3.63) is 34.9 Å². The minimum Gasteiger partial charge on any atom is -0.399 e. The van der Waals surface area contributed by atoms with E-state index in [0.717, 1.165) is 12.0 Å². The van der Waals surface area contributed by atoms with E-state index in [4.69, 9.17) is 11.6 Å². The smallest absolute Gasteiger partial charge is 0.131 e. The standard InChI is InChI=1S/C11H13ClFNO/c1-15-14-11(8-13)7-4-9-2-5-10(12)6-3-9/h2-3,5-6H,4,7-8H2,1H3/b14-11+. The Hall–Kier alpha value is -1.09. The normalized spacial score (nSPS) is 11.5. The van der Waals surface area contributed by atoms with E-state index >= 15 is 0 Å². The number of hydrogen-bond acceptors (Lipinski definition) is 2. The van der Waals surface area contributed by atoms with Gasteiger partial charge in [-0.15, -0.1) is 0 Å². The summed E-state index contributed by atoms with van der Waals surface area (Å²) in [6.45, 7) is -0.568. The number of rotatable bonds is 5. The summed E-state index contributed by atoms with van der Waals surface area (Å²) >= 11 is 5.75. The summed E-state index contributed by atoms with van der Waals surface area (Å²) in [6, 6.07) is 7.48. The van der Waals surface area contributed by atoms with E-state index in [1.165, 1.54) is 7.11 Å². The molecule has 0 fully saturated rings. The van der Waals surface area contributed by atoms with Gasteiger partial charge in [0.25, 0.3) is 0 Å². The van der Waals surface area contributed by atoms with Gasteiger partial charge in [-0.05, 0) is 30.5 Å². The summed E-state index contributed by atoms with van der Waals surface area (Å²) in [6.07, 6.45) is 1.30. The molecule has 0 saturated heterocycles. The Balaban J connectivity index is 2.49. The second-order valence-corrected chi connectivity index (χ2v) is 3.54. The first-order valence-electron chi connectivity index (χ1n) is 4.65. The average Bonchev–Trinajstić information content (AvgIpc) is 2.26. The number of aryl methyl sites for hydroxylation is 1. The number of alkyl halides is 1. The Labute approximate surface area is 93.7 Å². The molecule has 82 valence electrons. The van der Waals surface area contributed by atoms with E-state index in [9.17, 15) is 4.39 Å². The fourth-order valence-corrected chi connectivity index (χ4v) is 1.33. The number of nitrogens with zero attached hydrogens (tertiary/aromatic N) is 1. The van der Waals surface area contributed by atoms with Crippen LogP contribution >= 0.6 is 11.6 Å². The van der Waals surface area contributed by atoms with E-state index in [2.05, 4.69) is 9.99 Å². The molecule has 0 amide bonds. The minimum absolute atomic E-state index is 0.424. The molecule has 1 aromatic rings. The van der Waals surface area contributed by atoms with Crippen LogP contribution in [0.25, 0.3) is 0 Å². The molecular weight excluding hydrogens is 217 g/mol. The molecular formula is C11H13ClFNO. The third-order valence-corrected chi connectivity index (χ3v) is 2.24. The molecule has 4 heteroatoms. The van der Waals surface area contributed by atoms with Crippen LogP contribution < -0.4 is 0 Å². The molecule has 0 spiro atoms. The van der Waals surface area contributed by atoms with E-state index in [1.54, 1.807) is 0 Å². The van der Waals surface area contributed by atoms with Crippen LogP contribution in [0.15, 0.2) is 29.4 Å². The number of benzene rings is 1. The van der Waals surface area contributed by atoms with Gasteiger partial charge in [0, 0.05) is 5.02 Å². The molecule has 0 radical (unpaired) electrons. The fourth-order valence-electron chi connectivity index (χ4n) is 1.21. The van der Waals surface area contributed by atoms with Gasteiger partial charge in [0.05, 0.1) is 5.71 Å². The number of hydrogen-bond donors (Lipinski definition) is 0. The predicted molar refractivity (Wildman–Crippen MR) is 60.2 cm³/mol. The topological polar surface area (TPSA) is 21.6 Å². The van der Waals surface area contributed by atoms with Crippen molar-refractivity contribution in [3.63, 3.8) is 0 Å². The van der Waals surface area contributed by atoms with Crippen LogP contribution in [0, 0.1) is 0 Å². The van der Waals surface area contributed by atoms with Gasteiger partial charge in [-0.25, -0.2) is 4.39 Å². The highest BCUT2D eigenvalue weighted by molar-refractivity contribution is 6.30. The Morgan fingerprint density at radius 1 is 1.40 bits per heavy atom. The molecule has 15 heavy (non-hydrogen) atoms. The largest absolute Gasteiger partial charge is 0.399 e. The first kappa shape index (κ1) is 12.0. The van der Waals surface area contributed by atoms with Crippen molar-refractivity contribution in [2.24, 2.45) is 5.16 Å². The maximum Gasteiger partial charge on any atom is 0.131 e. The Morgan fingerprint density at radius 2 is 2.07 bits per heavy atom. The van der Waals surface area contributed by atoms with Crippen molar-refractivity contribution in [1.29, 1.82) is 0 Å². The highest BCUT2D eigenvalue weighted by atomic mass is 35.5. The molecule has 0 aliphatic rings. The lowest BCUT2D eigenvalue weighted by Crippen LogP contribution is -2.03. The molecule has 0 aliphatic carbocycles. The summed E-state index contributed by atoms with van der Waals surface area (Å²) < 4.78 is 12.4. The van der Waals surface area contributed by atoms with Crippen molar-refractivity contribution in [3.8, 4) is 0 Å². The summed E-state index contributed by atoms with van der Waals surface area (Å²) in [5.41, 5.74) is 1.53. The molecule has 0 bridgehead atoms. The molecule has 0 unspecified atom stereocenters. The van der Waals surface area contributed by atoms with Crippen LogP contribution in [0.4, 0.5) is 4.39 Å². The van der Waals surface area contributed by atoms with Gasteiger partial charge in [-0.1, -0.05) is 28.9 Å². The van der Waals surface area contributed by atoms with Crippen LogP contribution in [0.3, 0.4) is 0 Å². The SMILES string of the molecule is CO/N=C(/CF)CCc1ccc(Cl)cc1. The van der Waals surface area contributed by atoms with Gasteiger partial charge >= 0.3 is 0 Å². The molecule has 0 atom stereocenters. The van der Waals surface area contributed by atoms with E-state index in [-0.39, 0.29) is 0 Å². The van der Waals surface area contributed by atoms with E-state index < -0.39 is 6.67 Å². The summed E-state index contributed by atoms with van der Waals surface area (Å²) in [5.74, 6) is 0. The number of oxime groups is 1. The summed E-state index contributed by atoms with van der Waals surface area (Å²) in [5, 5.41) is 4.29. The Kier molecular flexibility index (Phi) is 5.12. The van der Waals surface area contributed by atoms with E-state index in [0.29, 0.717) is 17.2 Å². The van der Waals surface area contributed by atoms with Crippen LogP contribution in [0.2, 0.25) is 5.02 Å². The van der Waals surface area contributed by atoms with Gasteiger partial charge in [0.2, 0.25) is 0 Å². The Morgan fingerprint density at radius 3 is 2.60 bits per heavy atom. The second-order valence-electron chi connectivity index (χ2n) is 3.10. The van der Waals surface area contributed by atoms with Crippen molar-refractivity contribution in [2.45, 2.75) is 12.8 Å². The molecule has 0 saturated carbocycles. The van der Waals surface area contributed by atoms with Gasteiger partial charge in [-0.3, -0.25) is 0 Å². The van der Waals surface area contributed by atoms with Crippen LogP contribution in [0.5, 0.6) is 0 Å². The molecule has 1 rings (SSSR count). The Bertz CT molecular complexity index is 324. The van der Waals surface area contributed by atoms with Crippen molar-refractivity contribution in [2.75, 3.05) is 13.8 Å². The lowest BCUT2D eigenvalue weighted by Gasteiger charge is -2.02. The zero-order chi connectivity index (χ0) is 11.1. The van der Waals surface area contributed by atoms with Crippen LogP contribution in [-0.4, -0.2) is 19.5 Å². The molecule has 0 N–H and O–H groups in total. The first-order valence-corrected chi connectivity index (χ1v) is 5.03. The molecule has 0 aromatic heterocycles. The molecule has 1 aromatic carbocycles. The highest BCUT2D eigenvalue weighted by Gasteiger charge is 2.01. The van der Waals surface area contributed by atoms with Crippen LogP contribution in [0.1, 0.15) is 12.0 Å². The molecule has 2 nitrogen and oxygen atoms in total. The third-order valence-electron chi connectivity index (χ3n) is 1.99. The van der Waals surface area contributed by atoms with Crippen molar-refractivity contribution < 1.29 is 9.23 Å². The lowest BCUT2D eigenvalue weighted by atomic mass is 10.1. The fraction of sp³-hybridized carbons (Fsp3) is 0.364. The monoisotopic (exact) mass is 229 g/mol. The lowest BCUT2D eigenvalue weighted by molar-refractivity contribution is 0.210. The average molecular weight is 230 g/mol. The predicted octanol–water partition coefficient (Wildman–Crippen LogP) is 3.24.